The molecule has 2 unspecified atom stereocenters. The highest BCUT2D eigenvalue weighted by molar-refractivity contribution is 5.79. The monoisotopic (exact) mass is 420 g/mol. The molecule has 4 heterocycles. The quantitative estimate of drug-likeness (QED) is 0.582. The molecule has 5 rings (SSSR count). The summed E-state index contributed by atoms with van der Waals surface area (Å²) >= 11 is 0. The number of halogens is 1. The lowest BCUT2D eigenvalue weighted by Crippen LogP contribution is -2.28. The zero-order valence-electron chi connectivity index (χ0n) is 17.3. The van der Waals surface area contributed by atoms with Gasteiger partial charge in [-0.1, -0.05) is 6.08 Å². The van der Waals surface area contributed by atoms with E-state index in [0.29, 0.717) is 18.9 Å². The lowest BCUT2D eigenvalue weighted by Gasteiger charge is -2.23. The molecule has 1 aliphatic carbocycles. The smallest absolute Gasteiger partial charge is 0.213 e. The number of hydrogen-bond acceptors (Lipinski definition) is 5. The van der Waals surface area contributed by atoms with Gasteiger partial charge in [0.25, 0.3) is 0 Å². The lowest BCUT2D eigenvalue weighted by molar-refractivity contribution is 0.00551. The third-order valence-corrected chi connectivity index (χ3v) is 5.78. The molecule has 0 amide bonds. The van der Waals surface area contributed by atoms with Gasteiger partial charge in [-0.3, -0.25) is 4.98 Å². The number of allylic oxidation sites excluding steroid dienone is 4. The van der Waals surface area contributed by atoms with Gasteiger partial charge >= 0.3 is 0 Å². The fraction of sp³-hybridized carbons (Fsp3) is 0.375. The van der Waals surface area contributed by atoms with Crippen molar-refractivity contribution in [2.75, 3.05) is 13.2 Å². The predicted molar refractivity (Wildman–Crippen MR) is 116 cm³/mol. The minimum absolute atomic E-state index is 0.0536. The van der Waals surface area contributed by atoms with E-state index in [1.807, 2.05) is 36.7 Å². The maximum absolute atomic E-state index is 13.6. The first kappa shape index (κ1) is 19.9. The van der Waals surface area contributed by atoms with Crippen molar-refractivity contribution in [2.45, 2.75) is 44.2 Å². The molecule has 0 saturated carbocycles. The zero-order chi connectivity index (χ0) is 21.0. The number of imidazole rings is 1. The molecule has 3 aromatic heterocycles. The molecule has 160 valence electrons. The molecule has 1 fully saturated rings. The van der Waals surface area contributed by atoms with Gasteiger partial charge in [0.1, 0.15) is 17.8 Å². The van der Waals surface area contributed by atoms with Gasteiger partial charge in [0.05, 0.1) is 23.8 Å². The molecule has 0 bridgehead atoms. The van der Waals surface area contributed by atoms with E-state index in [1.54, 1.807) is 18.3 Å². The number of rotatable bonds is 4. The summed E-state index contributed by atoms with van der Waals surface area (Å²) in [6.45, 7) is 1.41. The minimum atomic E-state index is -0.168. The van der Waals surface area contributed by atoms with E-state index < -0.39 is 0 Å². The van der Waals surface area contributed by atoms with Crippen molar-refractivity contribution in [1.82, 2.24) is 19.5 Å². The highest BCUT2D eigenvalue weighted by atomic mass is 19.1. The van der Waals surface area contributed by atoms with Crippen LogP contribution in [0.4, 0.5) is 4.39 Å². The van der Waals surface area contributed by atoms with Gasteiger partial charge in [-0.05, 0) is 56.4 Å². The first-order chi connectivity index (χ1) is 15.3. The molecular weight excluding hydrogens is 395 g/mol. The molecule has 1 saturated heterocycles. The molecule has 0 spiro atoms. The molecule has 2 aliphatic rings. The Morgan fingerprint density at radius 3 is 2.97 bits per heavy atom. The Labute approximate surface area is 180 Å². The fourth-order valence-corrected chi connectivity index (χ4v) is 4.24. The first-order valence-corrected chi connectivity index (χ1v) is 10.8. The second-order valence-corrected chi connectivity index (χ2v) is 7.97. The Kier molecular flexibility index (Phi) is 5.76. The molecule has 0 radical (unpaired) electrons. The van der Waals surface area contributed by atoms with Crippen LogP contribution in [0.5, 0.6) is 5.88 Å². The Morgan fingerprint density at radius 2 is 2.13 bits per heavy atom. The standard InChI is InChI=1S/C24H25FN4O2/c25-18-4-1-6-19(7-2-5-18)29-22-15-26-12-11-21(22)28-24(29)17-9-10-23(27-14-17)31-20-8-3-13-30-16-20/h1,4-5,9-12,14-15,19-20H,2-3,6-8,13,16H2/b4-1-,18-5+. The Bertz CT molecular complexity index is 1100. The van der Waals surface area contributed by atoms with Gasteiger partial charge in [0.15, 0.2) is 0 Å². The van der Waals surface area contributed by atoms with Crippen LogP contribution >= 0.6 is 0 Å². The molecule has 0 aromatic carbocycles. The molecular formula is C24H25FN4O2. The molecule has 31 heavy (non-hydrogen) atoms. The van der Waals surface area contributed by atoms with E-state index in [1.165, 1.54) is 0 Å². The minimum Gasteiger partial charge on any atom is -0.472 e. The van der Waals surface area contributed by atoms with Gasteiger partial charge in [-0.2, -0.15) is 0 Å². The summed E-state index contributed by atoms with van der Waals surface area (Å²) in [6.07, 6.45) is 14.8. The summed E-state index contributed by atoms with van der Waals surface area (Å²) in [5.41, 5.74) is 2.77. The molecule has 2 atom stereocenters. The van der Waals surface area contributed by atoms with Crippen molar-refractivity contribution in [3.63, 3.8) is 0 Å². The highest BCUT2D eigenvalue weighted by Crippen LogP contribution is 2.33. The van der Waals surface area contributed by atoms with Gasteiger partial charge < -0.3 is 14.0 Å². The maximum atomic E-state index is 13.6. The second kappa shape index (κ2) is 8.98. The van der Waals surface area contributed by atoms with Crippen LogP contribution in [0.1, 0.15) is 38.1 Å². The summed E-state index contributed by atoms with van der Waals surface area (Å²) < 4.78 is 27.3. The number of hydrogen-bond donors (Lipinski definition) is 0. The summed E-state index contributed by atoms with van der Waals surface area (Å²) in [4.78, 5) is 13.7. The Morgan fingerprint density at radius 1 is 1.16 bits per heavy atom. The number of ether oxygens (including phenoxy) is 2. The van der Waals surface area contributed by atoms with Crippen LogP contribution in [0, 0.1) is 0 Å². The summed E-state index contributed by atoms with van der Waals surface area (Å²) in [7, 11) is 0. The largest absolute Gasteiger partial charge is 0.472 e. The van der Waals surface area contributed by atoms with E-state index >= 15 is 0 Å². The fourth-order valence-electron chi connectivity index (χ4n) is 4.24. The van der Waals surface area contributed by atoms with Crippen molar-refractivity contribution in [3.05, 3.63) is 60.8 Å². The van der Waals surface area contributed by atoms with Gasteiger partial charge in [-0.25, -0.2) is 14.4 Å². The van der Waals surface area contributed by atoms with E-state index in [4.69, 9.17) is 14.5 Å². The lowest BCUT2D eigenvalue weighted by atomic mass is 10.0. The van der Waals surface area contributed by atoms with Crippen molar-refractivity contribution in [3.8, 4) is 17.3 Å². The highest BCUT2D eigenvalue weighted by Gasteiger charge is 2.21. The maximum Gasteiger partial charge on any atom is 0.213 e. The molecule has 1 aliphatic heterocycles. The second-order valence-electron chi connectivity index (χ2n) is 7.97. The number of nitrogens with zero attached hydrogens (tertiary/aromatic N) is 4. The van der Waals surface area contributed by atoms with E-state index in [9.17, 15) is 4.39 Å². The average molecular weight is 420 g/mol. The summed E-state index contributed by atoms with van der Waals surface area (Å²) in [6, 6.07) is 5.96. The third kappa shape index (κ3) is 4.37. The SMILES string of the molecule is FC1=C/CCC(n2c(-c3ccc(OC4CCCOC4)nc3)nc3ccncc32)C/C=C\1. The van der Waals surface area contributed by atoms with Gasteiger partial charge in [0.2, 0.25) is 5.88 Å². The Balaban J connectivity index is 1.46. The normalized spacial score (nSPS) is 24.7. The average Bonchev–Trinajstić information content (AvgIpc) is 3.17. The third-order valence-electron chi connectivity index (χ3n) is 5.78. The molecule has 3 aromatic rings. The molecule has 7 heteroatoms. The number of fused-ring (bicyclic) bond motifs is 1. The first-order valence-electron chi connectivity index (χ1n) is 10.8. The Hall–Kier alpha value is -3.06. The van der Waals surface area contributed by atoms with E-state index in [-0.39, 0.29) is 18.0 Å². The van der Waals surface area contributed by atoms with Crippen LogP contribution in [0.15, 0.2) is 60.8 Å². The number of aromatic nitrogens is 4. The predicted octanol–water partition coefficient (Wildman–Crippen LogP) is 5.19. The van der Waals surface area contributed by atoms with Gasteiger partial charge in [0, 0.05) is 36.7 Å². The van der Waals surface area contributed by atoms with Crippen molar-refractivity contribution in [2.24, 2.45) is 0 Å². The van der Waals surface area contributed by atoms with Crippen LogP contribution in [0.2, 0.25) is 0 Å². The molecule has 0 N–H and O–H groups in total. The van der Waals surface area contributed by atoms with Crippen LogP contribution in [0.3, 0.4) is 0 Å². The molecule has 6 nitrogen and oxygen atoms in total. The topological polar surface area (TPSA) is 62.1 Å². The van der Waals surface area contributed by atoms with Crippen LogP contribution < -0.4 is 4.74 Å². The summed E-state index contributed by atoms with van der Waals surface area (Å²) in [5.74, 6) is 1.27. The van der Waals surface area contributed by atoms with Crippen LogP contribution in [0.25, 0.3) is 22.4 Å². The van der Waals surface area contributed by atoms with E-state index in [0.717, 1.165) is 54.7 Å². The van der Waals surface area contributed by atoms with Crippen LogP contribution in [-0.2, 0) is 4.74 Å². The van der Waals surface area contributed by atoms with E-state index in [2.05, 4.69) is 14.5 Å². The van der Waals surface area contributed by atoms with Crippen molar-refractivity contribution >= 4 is 11.0 Å². The van der Waals surface area contributed by atoms with Crippen molar-refractivity contribution < 1.29 is 13.9 Å². The number of pyridine rings is 2. The zero-order valence-corrected chi connectivity index (χ0v) is 17.3. The van der Waals surface area contributed by atoms with Crippen molar-refractivity contribution in [1.29, 1.82) is 0 Å². The summed E-state index contributed by atoms with van der Waals surface area (Å²) in [5, 5.41) is 0. The van der Waals surface area contributed by atoms with Crippen LogP contribution in [-0.4, -0.2) is 38.8 Å². The van der Waals surface area contributed by atoms with Gasteiger partial charge in [-0.15, -0.1) is 0 Å².